The van der Waals surface area contributed by atoms with Crippen LogP contribution in [0.25, 0.3) is 0 Å². The van der Waals surface area contributed by atoms with Crippen molar-refractivity contribution in [3.63, 3.8) is 0 Å². The molecule has 0 heterocycles. The van der Waals surface area contributed by atoms with Crippen molar-refractivity contribution >= 4 is 17.9 Å². The van der Waals surface area contributed by atoms with Crippen LogP contribution in [-0.2, 0) is 14.3 Å². The van der Waals surface area contributed by atoms with Gasteiger partial charge in [0.25, 0.3) is 0 Å². The number of rotatable bonds is 6. The van der Waals surface area contributed by atoms with E-state index >= 15 is 0 Å². The minimum atomic E-state index is -0.775. The Labute approximate surface area is 100 Å². The van der Waals surface area contributed by atoms with Gasteiger partial charge in [-0.05, 0) is 5.92 Å². The monoisotopic (exact) mass is 245 g/mol. The number of nitrogens with one attached hydrogen (secondary N) is 2. The molecule has 0 bridgehead atoms. The molecule has 0 radical (unpaired) electrons. The van der Waals surface area contributed by atoms with E-state index in [2.05, 4.69) is 15.4 Å². The number of esters is 1. The number of methoxy groups -OCH3 is 1. The van der Waals surface area contributed by atoms with Gasteiger partial charge in [-0.1, -0.05) is 20.3 Å². The van der Waals surface area contributed by atoms with E-state index in [0.717, 1.165) is 0 Å². The predicted octanol–water partition coefficient (Wildman–Crippen LogP) is -0.641. The van der Waals surface area contributed by atoms with Gasteiger partial charge in [0.05, 0.1) is 7.11 Å². The summed E-state index contributed by atoms with van der Waals surface area (Å²) in [5.41, 5.74) is 4.98. The van der Waals surface area contributed by atoms with Crippen LogP contribution in [0.15, 0.2) is 0 Å². The summed E-state index contributed by atoms with van der Waals surface area (Å²) < 4.78 is 4.38. The molecule has 3 amide bonds. The first-order chi connectivity index (χ1) is 7.92. The summed E-state index contributed by atoms with van der Waals surface area (Å²) in [4.78, 5) is 33.3. The molecule has 0 aromatic carbocycles. The highest BCUT2D eigenvalue weighted by atomic mass is 16.5. The van der Waals surface area contributed by atoms with Crippen LogP contribution >= 0.6 is 0 Å². The molecule has 7 nitrogen and oxygen atoms in total. The lowest BCUT2D eigenvalue weighted by Gasteiger charge is -2.22. The summed E-state index contributed by atoms with van der Waals surface area (Å²) in [5.74, 6) is -1.09. The first-order valence-corrected chi connectivity index (χ1v) is 5.32. The van der Waals surface area contributed by atoms with Crippen molar-refractivity contribution in [3.05, 3.63) is 0 Å². The maximum atomic E-state index is 11.7. The van der Waals surface area contributed by atoms with Gasteiger partial charge in [0.1, 0.15) is 12.6 Å². The van der Waals surface area contributed by atoms with Crippen LogP contribution in [0.4, 0.5) is 4.79 Å². The lowest BCUT2D eigenvalue weighted by atomic mass is 9.98. The van der Waals surface area contributed by atoms with E-state index in [-0.39, 0.29) is 12.5 Å². The fourth-order valence-corrected chi connectivity index (χ4v) is 1.20. The van der Waals surface area contributed by atoms with Crippen molar-refractivity contribution < 1.29 is 19.1 Å². The zero-order valence-electron chi connectivity index (χ0n) is 10.3. The molecule has 0 rings (SSSR count). The second-order valence-corrected chi connectivity index (χ2v) is 3.67. The standard InChI is InChI=1S/C10H19N3O4/c1-4-6(2)8(13-10(11)16)9(15)12-5-7(14)17-3/h6,8H,4-5H2,1-3H3,(H,12,15)(H3,11,13,16)/t6-,8-/m0/s1. The molecule has 17 heavy (non-hydrogen) atoms. The van der Waals surface area contributed by atoms with Gasteiger partial charge >= 0.3 is 12.0 Å². The van der Waals surface area contributed by atoms with Gasteiger partial charge < -0.3 is 21.1 Å². The van der Waals surface area contributed by atoms with Gasteiger partial charge in [-0.3, -0.25) is 9.59 Å². The second kappa shape index (κ2) is 7.48. The van der Waals surface area contributed by atoms with E-state index in [1.165, 1.54) is 7.11 Å². The van der Waals surface area contributed by atoms with Crippen LogP contribution in [0, 0.1) is 5.92 Å². The molecule has 0 saturated heterocycles. The Bertz CT molecular complexity index is 293. The third-order valence-corrected chi connectivity index (χ3v) is 2.43. The first kappa shape index (κ1) is 15.2. The first-order valence-electron chi connectivity index (χ1n) is 5.32. The van der Waals surface area contributed by atoms with Gasteiger partial charge in [-0.2, -0.15) is 0 Å². The maximum absolute atomic E-state index is 11.7. The SMILES string of the molecule is CC[C@H](C)[C@H](NC(N)=O)C(=O)NCC(=O)OC. The maximum Gasteiger partial charge on any atom is 0.325 e. The Balaban J connectivity index is 4.42. The molecule has 0 saturated carbocycles. The number of ether oxygens (including phenoxy) is 1. The van der Waals surface area contributed by atoms with Gasteiger partial charge in [0, 0.05) is 0 Å². The molecule has 2 atom stereocenters. The van der Waals surface area contributed by atoms with Crippen LogP contribution in [0.5, 0.6) is 0 Å². The van der Waals surface area contributed by atoms with E-state index in [1.54, 1.807) is 6.92 Å². The van der Waals surface area contributed by atoms with E-state index < -0.39 is 23.9 Å². The van der Waals surface area contributed by atoms with Crippen LogP contribution in [0.2, 0.25) is 0 Å². The molecule has 0 aliphatic heterocycles. The smallest absolute Gasteiger partial charge is 0.325 e. The van der Waals surface area contributed by atoms with E-state index in [4.69, 9.17) is 5.73 Å². The summed E-state index contributed by atoms with van der Waals surface area (Å²) in [5, 5.41) is 4.72. The third kappa shape index (κ3) is 5.74. The normalized spacial score (nSPS) is 13.4. The molecule has 0 aliphatic rings. The van der Waals surface area contributed by atoms with Crippen molar-refractivity contribution in [2.75, 3.05) is 13.7 Å². The Morgan fingerprint density at radius 3 is 2.35 bits per heavy atom. The van der Waals surface area contributed by atoms with Crippen LogP contribution in [0.3, 0.4) is 0 Å². The molecular weight excluding hydrogens is 226 g/mol. The Hall–Kier alpha value is -1.79. The summed E-state index contributed by atoms with van der Waals surface area (Å²) in [6.45, 7) is 3.45. The average molecular weight is 245 g/mol. The molecule has 4 N–H and O–H groups in total. The molecule has 0 aliphatic carbocycles. The van der Waals surface area contributed by atoms with Gasteiger partial charge in [0.15, 0.2) is 0 Å². The van der Waals surface area contributed by atoms with E-state index in [9.17, 15) is 14.4 Å². The molecule has 98 valence electrons. The number of primary amides is 1. The number of hydrogen-bond acceptors (Lipinski definition) is 4. The van der Waals surface area contributed by atoms with Crippen molar-refractivity contribution in [2.45, 2.75) is 26.3 Å². The Kier molecular flexibility index (Phi) is 6.69. The van der Waals surface area contributed by atoms with Gasteiger partial charge in [-0.15, -0.1) is 0 Å². The summed E-state index contributed by atoms with van der Waals surface area (Å²) in [6, 6.07) is -1.52. The van der Waals surface area contributed by atoms with Gasteiger partial charge in [0.2, 0.25) is 5.91 Å². The quantitative estimate of drug-likeness (QED) is 0.540. The molecule has 0 aromatic heterocycles. The molecule has 7 heteroatoms. The number of nitrogens with two attached hydrogens (primary N) is 1. The van der Waals surface area contributed by atoms with Crippen molar-refractivity contribution in [2.24, 2.45) is 11.7 Å². The van der Waals surface area contributed by atoms with Crippen LogP contribution in [0.1, 0.15) is 20.3 Å². The Morgan fingerprint density at radius 1 is 1.35 bits per heavy atom. The highest BCUT2D eigenvalue weighted by molar-refractivity contribution is 5.89. The molecule has 0 fully saturated rings. The largest absolute Gasteiger partial charge is 0.468 e. The number of amides is 3. The molecule has 0 unspecified atom stereocenters. The minimum absolute atomic E-state index is 0.0832. The minimum Gasteiger partial charge on any atom is -0.468 e. The van der Waals surface area contributed by atoms with Crippen LogP contribution < -0.4 is 16.4 Å². The van der Waals surface area contributed by atoms with Crippen molar-refractivity contribution in [1.29, 1.82) is 0 Å². The zero-order chi connectivity index (χ0) is 13.4. The number of carbonyl (C=O) groups excluding carboxylic acids is 3. The highest BCUT2D eigenvalue weighted by Crippen LogP contribution is 2.07. The van der Waals surface area contributed by atoms with Crippen LogP contribution in [-0.4, -0.2) is 37.6 Å². The molecule has 0 spiro atoms. The Morgan fingerprint density at radius 2 is 1.94 bits per heavy atom. The number of carbonyl (C=O) groups is 3. The average Bonchev–Trinajstić information content (AvgIpc) is 2.31. The zero-order valence-corrected chi connectivity index (χ0v) is 10.3. The summed E-state index contributed by atoms with van der Waals surface area (Å²) >= 11 is 0. The van der Waals surface area contributed by atoms with E-state index in [1.807, 2.05) is 6.92 Å². The topological polar surface area (TPSA) is 111 Å². The van der Waals surface area contributed by atoms with Crippen molar-refractivity contribution in [1.82, 2.24) is 10.6 Å². The molecular formula is C10H19N3O4. The fraction of sp³-hybridized carbons (Fsp3) is 0.700. The third-order valence-electron chi connectivity index (χ3n) is 2.43. The second-order valence-electron chi connectivity index (χ2n) is 3.67. The van der Waals surface area contributed by atoms with Crippen molar-refractivity contribution in [3.8, 4) is 0 Å². The number of hydrogen-bond donors (Lipinski definition) is 3. The number of urea groups is 1. The lowest BCUT2D eigenvalue weighted by Crippen LogP contribution is -2.52. The molecule has 0 aromatic rings. The highest BCUT2D eigenvalue weighted by Gasteiger charge is 2.25. The predicted molar refractivity (Wildman–Crippen MR) is 61.0 cm³/mol. The van der Waals surface area contributed by atoms with Gasteiger partial charge in [-0.25, -0.2) is 4.79 Å². The summed E-state index contributed by atoms with van der Waals surface area (Å²) in [6.07, 6.45) is 0.691. The summed E-state index contributed by atoms with van der Waals surface area (Å²) in [7, 11) is 1.22. The lowest BCUT2D eigenvalue weighted by molar-refractivity contribution is -0.141. The van der Waals surface area contributed by atoms with E-state index in [0.29, 0.717) is 6.42 Å². The fourth-order valence-electron chi connectivity index (χ4n) is 1.20.